The van der Waals surface area contributed by atoms with Gasteiger partial charge < -0.3 is 20.6 Å². The van der Waals surface area contributed by atoms with Gasteiger partial charge >= 0.3 is 6.03 Å². The summed E-state index contributed by atoms with van der Waals surface area (Å²) in [6.07, 6.45) is 3.72. The molecule has 0 bridgehead atoms. The Morgan fingerprint density at radius 3 is 2.75 bits per heavy atom. The molecule has 2 heterocycles. The number of hydrogen-bond acceptors (Lipinski definition) is 4. The monoisotopic (exact) mass is 278 g/mol. The highest BCUT2D eigenvalue weighted by Crippen LogP contribution is 2.17. The summed E-state index contributed by atoms with van der Waals surface area (Å²) in [5, 5.41) is 14.4. The summed E-state index contributed by atoms with van der Waals surface area (Å²) in [5.74, 6) is 1.00. The smallest absolute Gasteiger partial charge is 0.315 e. The zero-order valence-electron chi connectivity index (χ0n) is 11.8. The molecule has 1 aliphatic rings. The van der Waals surface area contributed by atoms with Gasteiger partial charge in [0.05, 0.1) is 6.10 Å². The minimum Gasteiger partial charge on any atom is -0.392 e. The average Bonchev–Trinajstić information content (AvgIpc) is 2.97. The van der Waals surface area contributed by atoms with Crippen molar-refractivity contribution in [3.05, 3.63) is 23.9 Å². The first-order chi connectivity index (χ1) is 9.65. The lowest BCUT2D eigenvalue weighted by Crippen LogP contribution is -2.38. The maximum absolute atomic E-state index is 11.4. The number of carbonyl (C=O) groups excluding carboxylic acids is 1. The van der Waals surface area contributed by atoms with Crippen LogP contribution in [-0.2, 0) is 6.54 Å². The molecule has 110 valence electrons. The molecule has 0 saturated carbocycles. The second-order valence-corrected chi connectivity index (χ2v) is 5.13. The average molecular weight is 278 g/mol. The Hall–Kier alpha value is -1.82. The van der Waals surface area contributed by atoms with Crippen LogP contribution in [0.2, 0.25) is 0 Å². The number of pyridine rings is 1. The van der Waals surface area contributed by atoms with Crippen LogP contribution in [-0.4, -0.2) is 41.9 Å². The minimum absolute atomic E-state index is 0.248. The quantitative estimate of drug-likeness (QED) is 0.746. The molecule has 1 unspecified atom stereocenters. The topological polar surface area (TPSA) is 77.5 Å². The van der Waals surface area contributed by atoms with E-state index >= 15 is 0 Å². The Morgan fingerprint density at radius 2 is 2.15 bits per heavy atom. The van der Waals surface area contributed by atoms with E-state index in [1.807, 2.05) is 12.1 Å². The zero-order chi connectivity index (χ0) is 14.4. The van der Waals surface area contributed by atoms with Crippen LogP contribution >= 0.6 is 0 Å². The van der Waals surface area contributed by atoms with E-state index in [0.717, 1.165) is 24.5 Å². The molecule has 2 amide bonds. The molecule has 0 radical (unpaired) electrons. The third-order valence-corrected chi connectivity index (χ3v) is 3.25. The number of nitrogens with one attached hydrogen (secondary N) is 2. The van der Waals surface area contributed by atoms with E-state index < -0.39 is 6.10 Å². The Labute approximate surface area is 119 Å². The van der Waals surface area contributed by atoms with Crippen molar-refractivity contribution in [1.29, 1.82) is 0 Å². The standard InChI is InChI=1S/C14H22N4O2/c1-11(19)8-16-14(20)17-10-12-4-5-13(15-9-12)18-6-2-3-7-18/h4-5,9,11,19H,2-3,6-8,10H2,1H3,(H2,16,17,20). The highest BCUT2D eigenvalue weighted by molar-refractivity contribution is 5.73. The first-order valence-electron chi connectivity index (χ1n) is 7.05. The van der Waals surface area contributed by atoms with Gasteiger partial charge in [0.1, 0.15) is 5.82 Å². The second kappa shape index (κ2) is 7.09. The van der Waals surface area contributed by atoms with E-state index in [1.54, 1.807) is 13.1 Å². The van der Waals surface area contributed by atoms with Crippen molar-refractivity contribution in [2.75, 3.05) is 24.5 Å². The second-order valence-electron chi connectivity index (χ2n) is 5.13. The molecule has 6 nitrogen and oxygen atoms in total. The molecule has 0 spiro atoms. The summed E-state index contributed by atoms with van der Waals surface area (Å²) in [4.78, 5) is 18.1. The highest BCUT2D eigenvalue weighted by atomic mass is 16.3. The van der Waals surface area contributed by atoms with Crippen molar-refractivity contribution in [2.45, 2.75) is 32.4 Å². The predicted octanol–water partition coefficient (Wildman–Crippen LogP) is 0.862. The third kappa shape index (κ3) is 4.38. The van der Waals surface area contributed by atoms with Gasteiger partial charge in [-0.3, -0.25) is 0 Å². The van der Waals surface area contributed by atoms with Crippen LogP contribution in [0.1, 0.15) is 25.3 Å². The minimum atomic E-state index is -0.540. The van der Waals surface area contributed by atoms with Gasteiger partial charge in [0.2, 0.25) is 0 Å². The first-order valence-corrected chi connectivity index (χ1v) is 7.05. The van der Waals surface area contributed by atoms with Gasteiger partial charge in [-0.1, -0.05) is 6.07 Å². The zero-order valence-corrected chi connectivity index (χ0v) is 11.8. The SMILES string of the molecule is CC(O)CNC(=O)NCc1ccc(N2CCCC2)nc1. The normalized spacial score (nSPS) is 16.0. The third-order valence-electron chi connectivity index (χ3n) is 3.25. The lowest BCUT2D eigenvalue weighted by Gasteiger charge is -2.16. The summed E-state index contributed by atoms with van der Waals surface area (Å²) >= 11 is 0. The number of anilines is 1. The number of aliphatic hydroxyl groups excluding tert-OH is 1. The van der Waals surface area contributed by atoms with Crippen LogP contribution in [0.4, 0.5) is 10.6 Å². The molecule has 1 saturated heterocycles. The van der Waals surface area contributed by atoms with E-state index in [2.05, 4.69) is 20.5 Å². The summed E-state index contributed by atoms with van der Waals surface area (Å²) in [7, 11) is 0. The molecule has 0 aliphatic carbocycles. The summed E-state index contributed by atoms with van der Waals surface area (Å²) in [6.45, 7) is 4.46. The molecule has 1 aliphatic heterocycles. The molecule has 2 rings (SSSR count). The fourth-order valence-electron chi connectivity index (χ4n) is 2.14. The lowest BCUT2D eigenvalue weighted by atomic mass is 10.3. The molecule has 0 aromatic carbocycles. The number of aliphatic hydroxyl groups is 1. The van der Waals surface area contributed by atoms with Crippen molar-refractivity contribution >= 4 is 11.8 Å². The summed E-state index contributed by atoms with van der Waals surface area (Å²) in [5.41, 5.74) is 0.958. The number of rotatable bonds is 5. The van der Waals surface area contributed by atoms with Crippen molar-refractivity contribution in [3.8, 4) is 0 Å². The van der Waals surface area contributed by atoms with Gasteiger partial charge in [-0.25, -0.2) is 9.78 Å². The predicted molar refractivity (Wildman–Crippen MR) is 77.6 cm³/mol. The van der Waals surface area contributed by atoms with Crippen LogP contribution in [0.5, 0.6) is 0 Å². The number of nitrogens with zero attached hydrogens (tertiary/aromatic N) is 2. The molecule has 1 atom stereocenters. The molecule has 1 aromatic rings. The van der Waals surface area contributed by atoms with Crippen LogP contribution in [0.3, 0.4) is 0 Å². The van der Waals surface area contributed by atoms with Crippen molar-refractivity contribution < 1.29 is 9.90 Å². The fourth-order valence-corrected chi connectivity index (χ4v) is 2.14. The van der Waals surface area contributed by atoms with Crippen molar-refractivity contribution in [2.24, 2.45) is 0 Å². The van der Waals surface area contributed by atoms with Gasteiger partial charge in [-0.15, -0.1) is 0 Å². The molecule has 3 N–H and O–H groups in total. The van der Waals surface area contributed by atoms with E-state index in [-0.39, 0.29) is 12.6 Å². The Bertz CT molecular complexity index is 427. The van der Waals surface area contributed by atoms with Crippen LogP contribution < -0.4 is 15.5 Å². The van der Waals surface area contributed by atoms with E-state index in [9.17, 15) is 4.79 Å². The Balaban J connectivity index is 1.77. The van der Waals surface area contributed by atoms with Gasteiger partial charge in [0, 0.05) is 32.4 Å². The van der Waals surface area contributed by atoms with Gasteiger partial charge in [0.25, 0.3) is 0 Å². The maximum Gasteiger partial charge on any atom is 0.315 e. The highest BCUT2D eigenvalue weighted by Gasteiger charge is 2.12. The molecule has 6 heteroatoms. The summed E-state index contributed by atoms with van der Waals surface area (Å²) in [6, 6.07) is 3.69. The molecule has 1 aromatic heterocycles. The van der Waals surface area contributed by atoms with Crippen molar-refractivity contribution in [1.82, 2.24) is 15.6 Å². The van der Waals surface area contributed by atoms with E-state index in [4.69, 9.17) is 5.11 Å². The maximum atomic E-state index is 11.4. The Kier molecular flexibility index (Phi) is 5.17. The van der Waals surface area contributed by atoms with Gasteiger partial charge in [0.15, 0.2) is 0 Å². The fraction of sp³-hybridized carbons (Fsp3) is 0.571. The van der Waals surface area contributed by atoms with Crippen LogP contribution in [0.25, 0.3) is 0 Å². The number of hydrogen-bond donors (Lipinski definition) is 3. The molecule has 1 fully saturated rings. The van der Waals surface area contributed by atoms with Gasteiger partial charge in [-0.05, 0) is 31.4 Å². The van der Waals surface area contributed by atoms with Crippen molar-refractivity contribution in [3.63, 3.8) is 0 Å². The van der Waals surface area contributed by atoms with E-state index in [0.29, 0.717) is 6.54 Å². The lowest BCUT2D eigenvalue weighted by molar-refractivity contribution is 0.187. The summed E-state index contributed by atoms with van der Waals surface area (Å²) < 4.78 is 0. The molecule has 20 heavy (non-hydrogen) atoms. The van der Waals surface area contributed by atoms with Gasteiger partial charge in [-0.2, -0.15) is 0 Å². The van der Waals surface area contributed by atoms with Crippen LogP contribution in [0, 0.1) is 0 Å². The first kappa shape index (κ1) is 14.6. The number of aromatic nitrogens is 1. The largest absolute Gasteiger partial charge is 0.392 e. The molecular formula is C14H22N4O2. The number of carbonyl (C=O) groups is 1. The van der Waals surface area contributed by atoms with E-state index in [1.165, 1.54) is 12.8 Å². The number of urea groups is 1. The molecular weight excluding hydrogens is 256 g/mol. The Morgan fingerprint density at radius 1 is 1.40 bits per heavy atom. The van der Waals surface area contributed by atoms with Crippen LogP contribution in [0.15, 0.2) is 18.3 Å². The number of amides is 2.